The molecule has 8 nitrogen and oxygen atoms in total. The molecule has 1 heterocycles. The highest BCUT2D eigenvalue weighted by Crippen LogP contribution is 2.37. The van der Waals surface area contributed by atoms with Crippen molar-refractivity contribution < 1.29 is 28.7 Å². The molecule has 0 bridgehead atoms. The number of nitrogens with one attached hydrogen (secondary N) is 1. The summed E-state index contributed by atoms with van der Waals surface area (Å²) in [4.78, 5) is 51.8. The minimum atomic E-state index is -0.664. The summed E-state index contributed by atoms with van der Waals surface area (Å²) in [5.74, 6) is -1.32. The number of nitrogens with zero attached hydrogens (tertiary/aromatic N) is 1. The van der Waals surface area contributed by atoms with E-state index in [4.69, 9.17) is 21.1 Å². The molecule has 4 aromatic carbocycles. The summed E-state index contributed by atoms with van der Waals surface area (Å²) < 4.78 is 10.8. The third-order valence-electron chi connectivity index (χ3n) is 6.27. The third-order valence-corrected chi connectivity index (χ3v) is 7.51. The Balaban J connectivity index is 1.37. The predicted octanol–water partition coefficient (Wildman–Crippen LogP) is 6.53. The summed E-state index contributed by atoms with van der Waals surface area (Å²) in [5.41, 5.74) is 1.97. The Morgan fingerprint density at radius 3 is 2.51 bits per heavy atom. The summed E-state index contributed by atoms with van der Waals surface area (Å²) >= 11 is 6.79. The first-order valence-corrected chi connectivity index (χ1v) is 13.6. The SMILES string of the molecule is COC(=O)c1cc(NC(=O)CN2C(=O)S/C(=C/c3c(OCc4ccccc4)ccc4ccccc34)C2=O)ccc1Cl. The van der Waals surface area contributed by atoms with Crippen LogP contribution in [0.3, 0.4) is 0 Å². The Labute approximate surface area is 244 Å². The largest absolute Gasteiger partial charge is 0.488 e. The zero-order valence-corrected chi connectivity index (χ0v) is 23.3. The second-order valence-electron chi connectivity index (χ2n) is 8.98. The van der Waals surface area contributed by atoms with Gasteiger partial charge in [-0.2, -0.15) is 0 Å². The molecule has 3 amide bonds. The average Bonchev–Trinajstić information content (AvgIpc) is 3.25. The van der Waals surface area contributed by atoms with Crippen LogP contribution >= 0.6 is 23.4 Å². The van der Waals surface area contributed by atoms with E-state index in [0.717, 1.165) is 33.0 Å². The second kappa shape index (κ2) is 12.3. The number of thioether (sulfide) groups is 1. The van der Waals surface area contributed by atoms with Crippen LogP contribution in [-0.4, -0.2) is 41.6 Å². The fourth-order valence-electron chi connectivity index (χ4n) is 4.27. The topological polar surface area (TPSA) is 102 Å². The van der Waals surface area contributed by atoms with Crippen molar-refractivity contribution in [1.82, 2.24) is 4.90 Å². The average molecular weight is 587 g/mol. The molecule has 5 rings (SSSR count). The highest BCUT2D eigenvalue weighted by Gasteiger charge is 2.36. The maximum absolute atomic E-state index is 13.3. The first kappa shape index (κ1) is 27.9. The van der Waals surface area contributed by atoms with Crippen molar-refractivity contribution in [2.75, 3.05) is 19.0 Å². The summed E-state index contributed by atoms with van der Waals surface area (Å²) in [5, 5.41) is 3.97. The number of hydrogen-bond acceptors (Lipinski definition) is 7. The van der Waals surface area contributed by atoms with Gasteiger partial charge in [0.1, 0.15) is 18.9 Å². The third kappa shape index (κ3) is 6.26. The molecule has 1 aliphatic rings. The van der Waals surface area contributed by atoms with Crippen molar-refractivity contribution in [3.05, 3.63) is 112 Å². The van der Waals surface area contributed by atoms with Crippen LogP contribution in [0.25, 0.3) is 16.8 Å². The molecule has 4 aromatic rings. The fourth-order valence-corrected chi connectivity index (χ4v) is 5.28. The number of esters is 1. The number of benzene rings is 4. The number of halogens is 1. The van der Waals surface area contributed by atoms with Crippen molar-refractivity contribution in [2.24, 2.45) is 0 Å². The van der Waals surface area contributed by atoms with Crippen molar-refractivity contribution in [3.63, 3.8) is 0 Å². The van der Waals surface area contributed by atoms with Gasteiger partial charge in [0.2, 0.25) is 5.91 Å². The van der Waals surface area contributed by atoms with Gasteiger partial charge in [0, 0.05) is 11.3 Å². The van der Waals surface area contributed by atoms with Crippen LogP contribution < -0.4 is 10.1 Å². The molecule has 0 aromatic heterocycles. The number of fused-ring (bicyclic) bond motifs is 1. The lowest BCUT2D eigenvalue weighted by molar-refractivity contribution is -0.127. The molecule has 0 atom stereocenters. The summed E-state index contributed by atoms with van der Waals surface area (Å²) in [6, 6.07) is 25.4. The Hall–Kier alpha value is -4.60. The van der Waals surface area contributed by atoms with Gasteiger partial charge in [-0.05, 0) is 58.4 Å². The van der Waals surface area contributed by atoms with E-state index in [1.165, 1.54) is 25.3 Å². The molecule has 0 unspecified atom stereocenters. The molecule has 1 saturated heterocycles. The number of ether oxygens (including phenoxy) is 2. The van der Waals surface area contributed by atoms with Crippen LogP contribution in [0.4, 0.5) is 10.5 Å². The minimum Gasteiger partial charge on any atom is -0.488 e. The van der Waals surface area contributed by atoms with Gasteiger partial charge >= 0.3 is 5.97 Å². The fraction of sp³-hybridized carbons (Fsp3) is 0.0968. The van der Waals surface area contributed by atoms with Crippen LogP contribution in [0.5, 0.6) is 5.75 Å². The number of methoxy groups -OCH3 is 1. The molecule has 41 heavy (non-hydrogen) atoms. The number of anilines is 1. The quantitative estimate of drug-likeness (QED) is 0.185. The van der Waals surface area contributed by atoms with E-state index in [2.05, 4.69) is 5.32 Å². The number of hydrogen-bond donors (Lipinski definition) is 1. The van der Waals surface area contributed by atoms with E-state index in [1.807, 2.05) is 66.7 Å². The first-order valence-electron chi connectivity index (χ1n) is 12.5. The van der Waals surface area contributed by atoms with E-state index >= 15 is 0 Å². The molecular formula is C31H23ClN2O6S. The van der Waals surface area contributed by atoms with E-state index in [1.54, 1.807) is 6.08 Å². The van der Waals surface area contributed by atoms with Gasteiger partial charge in [-0.15, -0.1) is 0 Å². The maximum atomic E-state index is 13.3. The number of imide groups is 1. The molecule has 0 spiro atoms. The summed E-state index contributed by atoms with van der Waals surface area (Å²) in [7, 11) is 1.22. The lowest BCUT2D eigenvalue weighted by Crippen LogP contribution is -2.36. The molecule has 10 heteroatoms. The van der Waals surface area contributed by atoms with Crippen molar-refractivity contribution >= 4 is 68.9 Å². The summed E-state index contributed by atoms with van der Waals surface area (Å²) in [6.07, 6.45) is 1.63. The number of amides is 3. The number of carbonyl (C=O) groups excluding carboxylic acids is 4. The monoisotopic (exact) mass is 586 g/mol. The number of carbonyl (C=O) groups is 4. The Kier molecular flexibility index (Phi) is 8.37. The van der Waals surface area contributed by atoms with Gasteiger partial charge in [0.25, 0.3) is 11.1 Å². The smallest absolute Gasteiger partial charge is 0.339 e. The van der Waals surface area contributed by atoms with Gasteiger partial charge in [-0.1, -0.05) is 72.3 Å². The Morgan fingerprint density at radius 2 is 1.73 bits per heavy atom. The van der Waals surface area contributed by atoms with Gasteiger partial charge in [-0.3, -0.25) is 19.3 Å². The van der Waals surface area contributed by atoms with E-state index in [9.17, 15) is 19.2 Å². The van der Waals surface area contributed by atoms with E-state index in [0.29, 0.717) is 17.9 Å². The Bertz CT molecular complexity index is 1710. The van der Waals surface area contributed by atoms with Gasteiger partial charge in [-0.25, -0.2) is 4.79 Å². The van der Waals surface area contributed by atoms with Gasteiger partial charge < -0.3 is 14.8 Å². The van der Waals surface area contributed by atoms with Crippen molar-refractivity contribution in [3.8, 4) is 5.75 Å². The van der Waals surface area contributed by atoms with Gasteiger partial charge in [0.15, 0.2) is 0 Å². The normalized spacial score (nSPS) is 14.0. The minimum absolute atomic E-state index is 0.0708. The predicted molar refractivity (Wildman–Crippen MR) is 159 cm³/mol. The Morgan fingerprint density at radius 1 is 0.976 bits per heavy atom. The molecule has 0 radical (unpaired) electrons. The van der Waals surface area contributed by atoms with Crippen LogP contribution in [0, 0.1) is 0 Å². The van der Waals surface area contributed by atoms with Gasteiger partial charge in [0.05, 0.1) is 22.6 Å². The molecule has 1 N–H and O–H groups in total. The maximum Gasteiger partial charge on any atom is 0.339 e. The number of rotatable bonds is 8. The van der Waals surface area contributed by atoms with Crippen LogP contribution in [0.15, 0.2) is 89.8 Å². The molecule has 1 aliphatic heterocycles. The zero-order chi connectivity index (χ0) is 28.9. The van der Waals surface area contributed by atoms with Crippen molar-refractivity contribution in [2.45, 2.75) is 6.61 Å². The van der Waals surface area contributed by atoms with E-state index in [-0.39, 0.29) is 21.2 Å². The molecule has 1 fully saturated rings. The van der Waals surface area contributed by atoms with Crippen molar-refractivity contribution in [1.29, 1.82) is 0 Å². The van der Waals surface area contributed by atoms with Crippen LogP contribution in [0.2, 0.25) is 5.02 Å². The lowest BCUT2D eigenvalue weighted by Gasteiger charge is -2.14. The molecular weight excluding hydrogens is 564 g/mol. The molecule has 0 saturated carbocycles. The lowest BCUT2D eigenvalue weighted by atomic mass is 10.0. The highest BCUT2D eigenvalue weighted by molar-refractivity contribution is 8.18. The van der Waals surface area contributed by atoms with Crippen LogP contribution in [0.1, 0.15) is 21.5 Å². The van der Waals surface area contributed by atoms with Crippen LogP contribution in [-0.2, 0) is 20.9 Å². The first-order chi connectivity index (χ1) is 19.8. The molecule has 206 valence electrons. The highest BCUT2D eigenvalue weighted by atomic mass is 35.5. The standard InChI is InChI=1S/C31H23ClN2O6S/c1-39-30(37)24-15-21(12-13-25(24)32)33-28(35)17-34-29(36)27(41-31(34)38)16-23-22-10-6-5-9-20(22)11-14-26(23)40-18-19-7-3-2-4-8-19/h2-16H,17-18H2,1H3,(H,33,35)/b27-16+. The summed E-state index contributed by atoms with van der Waals surface area (Å²) in [6.45, 7) is -0.185. The second-order valence-corrected chi connectivity index (χ2v) is 10.4. The zero-order valence-electron chi connectivity index (χ0n) is 21.8. The molecule has 0 aliphatic carbocycles. The van der Waals surface area contributed by atoms with E-state index < -0.39 is 29.6 Å².